The van der Waals surface area contributed by atoms with Gasteiger partial charge >= 0.3 is 5.97 Å². The Morgan fingerprint density at radius 3 is 2.67 bits per heavy atom. The number of halogens is 2. The van der Waals surface area contributed by atoms with Gasteiger partial charge in [0.15, 0.2) is 0 Å². The van der Waals surface area contributed by atoms with Crippen LogP contribution in [0.1, 0.15) is 17.4 Å². The summed E-state index contributed by atoms with van der Waals surface area (Å²) in [6, 6.07) is 2.95. The van der Waals surface area contributed by atoms with Crippen molar-refractivity contribution in [3.63, 3.8) is 0 Å². The highest BCUT2D eigenvalue weighted by molar-refractivity contribution is 6.34. The normalized spacial score (nSPS) is 10.3. The number of methoxy groups -OCH3 is 1. The second kappa shape index (κ2) is 8.81. The Bertz CT molecular complexity index is 511. The van der Waals surface area contributed by atoms with E-state index in [-0.39, 0.29) is 42.2 Å². The van der Waals surface area contributed by atoms with Gasteiger partial charge in [-0.1, -0.05) is 23.2 Å². The van der Waals surface area contributed by atoms with Crippen LogP contribution in [0.15, 0.2) is 12.1 Å². The van der Waals surface area contributed by atoms with Gasteiger partial charge in [0.1, 0.15) is 17.4 Å². The summed E-state index contributed by atoms with van der Waals surface area (Å²) in [5.41, 5.74) is -0.00966. The minimum atomic E-state index is -0.514. The van der Waals surface area contributed by atoms with Crippen LogP contribution in [0.4, 0.5) is 0 Å². The number of hydrogen-bond acceptors (Lipinski definition) is 5. The number of pyridine rings is 1. The lowest BCUT2D eigenvalue weighted by Crippen LogP contribution is -2.39. The summed E-state index contributed by atoms with van der Waals surface area (Å²) in [4.78, 5) is 29.1. The van der Waals surface area contributed by atoms with E-state index in [4.69, 9.17) is 32.7 Å². The number of esters is 1. The third kappa shape index (κ3) is 5.49. The van der Waals surface area contributed by atoms with Crippen molar-refractivity contribution in [3.05, 3.63) is 28.0 Å². The van der Waals surface area contributed by atoms with Gasteiger partial charge in [0, 0.05) is 13.7 Å². The smallest absolute Gasteiger partial charge is 0.325 e. The first-order chi connectivity index (χ1) is 9.99. The van der Waals surface area contributed by atoms with E-state index in [2.05, 4.69) is 4.98 Å². The molecule has 0 spiro atoms. The van der Waals surface area contributed by atoms with Gasteiger partial charge in [-0.2, -0.15) is 0 Å². The number of carbonyl (C=O) groups is 2. The summed E-state index contributed by atoms with van der Waals surface area (Å²) in [6.45, 7) is 2.19. The van der Waals surface area contributed by atoms with Crippen molar-refractivity contribution in [3.8, 4) is 0 Å². The quantitative estimate of drug-likeness (QED) is 0.563. The van der Waals surface area contributed by atoms with Gasteiger partial charge < -0.3 is 14.4 Å². The topological polar surface area (TPSA) is 68.7 Å². The van der Waals surface area contributed by atoms with Crippen molar-refractivity contribution in [2.45, 2.75) is 6.92 Å². The molecule has 0 aliphatic rings. The third-order valence-corrected chi connectivity index (χ3v) is 3.01. The molecule has 21 heavy (non-hydrogen) atoms. The first-order valence-electron chi connectivity index (χ1n) is 6.25. The van der Waals surface area contributed by atoms with Gasteiger partial charge in [-0.25, -0.2) is 4.98 Å². The molecule has 0 unspecified atom stereocenters. The van der Waals surface area contributed by atoms with E-state index < -0.39 is 11.9 Å². The molecule has 0 atom stereocenters. The highest BCUT2D eigenvalue weighted by Crippen LogP contribution is 2.18. The molecule has 0 saturated carbocycles. The highest BCUT2D eigenvalue weighted by atomic mass is 35.5. The number of aromatic nitrogens is 1. The molecule has 0 aromatic carbocycles. The molecule has 0 saturated heterocycles. The van der Waals surface area contributed by atoms with Crippen LogP contribution >= 0.6 is 23.2 Å². The number of nitrogens with zero attached hydrogens (tertiary/aromatic N) is 2. The maximum Gasteiger partial charge on any atom is 0.325 e. The lowest BCUT2D eigenvalue weighted by atomic mass is 10.3. The Kier molecular flexibility index (Phi) is 7.42. The molecule has 0 fully saturated rings. The molecular formula is C13H16Cl2N2O4. The van der Waals surface area contributed by atoms with Crippen molar-refractivity contribution in [1.82, 2.24) is 9.88 Å². The zero-order valence-corrected chi connectivity index (χ0v) is 13.3. The predicted octanol–water partition coefficient (Wildman–Crippen LogP) is 2.04. The van der Waals surface area contributed by atoms with Crippen LogP contribution in [0.25, 0.3) is 0 Å². The molecular weight excluding hydrogens is 319 g/mol. The largest absolute Gasteiger partial charge is 0.465 e. The van der Waals surface area contributed by atoms with Crippen LogP contribution in [-0.4, -0.2) is 55.2 Å². The lowest BCUT2D eigenvalue weighted by Gasteiger charge is -2.21. The van der Waals surface area contributed by atoms with Gasteiger partial charge in [0.05, 0.1) is 18.2 Å². The van der Waals surface area contributed by atoms with Gasteiger partial charge in [0.2, 0.25) is 0 Å². The van der Waals surface area contributed by atoms with E-state index in [9.17, 15) is 9.59 Å². The molecule has 1 rings (SSSR count). The Balaban J connectivity index is 2.92. The monoisotopic (exact) mass is 334 g/mol. The molecule has 1 aromatic rings. The van der Waals surface area contributed by atoms with Crippen molar-refractivity contribution < 1.29 is 19.1 Å². The van der Waals surface area contributed by atoms with Crippen LogP contribution in [0.3, 0.4) is 0 Å². The maximum atomic E-state index is 12.4. The average molecular weight is 335 g/mol. The van der Waals surface area contributed by atoms with Crippen LogP contribution in [0, 0.1) is 0 Å². The van der Waals surface area contributed by atoms with Crippen LogP contribution in [0.2, 0.25) is 10.2 Å². The maximum absolute atomic E-state index is 12.4. The fraction of sp³-hybridized carbons (Fsp3) is 0.462. The number of carbonyl (C=O) groups excluding carboxylic acids is 2. The second-order valence-corrected chi connectivity index (χ2v) is 4.78. The van der Waals surface area contributed by atoms with Crippen molar-refractivity contribution in [1.29, 1.82) is 0 Å². The molecule has 116 valence electrons. The van der Waals surface area contributed by atoms with Gasteiger partial charge in [0.25, 0.3) is 5.91 Å². The second-order valence-electron chi connectivity index (χ2n) is 3.99. The van der Waals surface area contributed by atoms with E-state index in [1.165, 1.54) is 24.1 Å². The number of hydrogen-bond donors (Lipinski definition) is 0. The molecule has 0 bridgehead atoms. The van der Waals surface area contributed by atoms with E-state index in [0.717, 1.165) is 0 Å². The summed E-state index contributed by atoms with van der Waals surface area (Å²) in [5, 5.41) is 0.307. The molecule has 1 heterocycles. The number of amides is 1. The minimum Gasteiger partial charge on any atom is -0.465 e. The Morgan fingerprint density at radius 2 is 2.05 bits per heavy atom. The van der Waals surface area contributed by atoms with Gasteiger partial charge in [-0.15, -0.1) is 0 Å². The van der Waals surface area contributed by atoms with Gasteiger partial charge in [-0.3, -0.25) is 9.59 Å². The van der Waals surface area contributed by atoms with Crippen molar-refractivity contribution in [2.75, 3.05) is 33.4 Å². The summed E-state index contributed by atoms with van der Waals surface area (Å²) >= 11 is 11.7. The summed E-state index contributed by atoms with van der Waals surface area (Å²) in [6.07, 6.45) is 0. The van der Waals surface area contributed by atoms with E-state index in [0.29, 0.717) is 0 Å². The van der Waals surface area contributed by atoms with Crippen molar-refractivity contribution >= 4 is 35.1 Å². The zero-order chi connectivity index (χ0) is 15.8. The fourth-order valence-electron chi connectivity index (χ4n) is 1.53. The van der Waals surface area contributed by atoms with Crippen LogP contribution < -0.4 is 0 Å². The number of rotatable bonds is 7. The highest BCUT2D eigenvalue weighted by Gasteiger charge is 2.23. The Labute approximate surface area is 132 Å². The third-order valence-electron chi connectivity index (χ3n) is 2.49. The predicted molar refractivity (Wildman–Crippen MR) is 78.7 cm³/mol. The fourth-order valence-corrected chi connectivity index (χ4v) is 1.87. The van der Waals surface area contributed by atoms with Gasteiger partial charge in [-0.05, 0) is 19.1 Å². The molecule has 6 nitrogen and oxygen atoms in total. The first-order valence-corrected chi connectivity index (χ1v) is 7.01. The standard InChI is InChI=1S/C13H16Cl2N2O4/c1-3-21-11(18)8-17(6-7-20-2)13(19)12-9(14)4-5-10(15)16-12/h4-5H,3,6-8H2,1-2H3. The molecule has 0 radical (unpaired) electrons. The lowest BCUT2D eigenvalue weighted by molar-refractivity contribution is -0.143. The summed E-state index contributed by atoms with van der Waals surface area (Å²) < 4.78 is 9.77. The molecule has 1 amide bonds. The molecule has 1 aromatic heterocycles. The summed E-state index contributed by atoms with van der Waals surface area (Å²) in [7, 11) is 1.50. The first kappa shape index (κ1) is 17.7. The van der Waals surface area contributed by atoms with E-state index in [1.807, 2.05) is 0 Å². The zero-order valence-electron chi connectivity index (χ0n) is 11.8. The Morgan fingerprint density at radius 1 is 1.33 bits per heavy atom. The van der Waals surface area contributed by atoms with Crippen molar-refractivity contribution in [2.24, 2.45) is 0 Å². The summed E-state index contributed by atoms with van der Waals surface area (Å²) in [5.74, 6) is -1.02. The molecule has 8 heteroatoms. The van der Waals surface area contributed by atoms with E-state index >= 15 is 0 Å². The van der Waals surface area contributed by atoms with Crippen LogP contribution in [-0.2, 0) is 14.3 Å². The number of ether oxygens (including phenoxy) is 2. The average Bonchev–Trinajstić information content (AvgIpc) is 2.45. The molecule has 0 N–H and O–H groups in total. The minimum absolute atomic E-state index is 0.00966. The van der Waals surface area contributed by atoms with Crippen LogP contribution in [0.5, 0.6) is 0 Å². The SMILES string of the molecule is CCOC(=O)CN(CCOC)C(=O)c1nc(Cl)ccc1Cl. The Hall–Kier alpha value is -1.37. The van der Waals surface area contributed by atoms with E-state index in [1.54, 1.807) is 6.92 Å². The molecule has 0 aliphatic heterocycles. The molecule has 0 aliphatic carbocycles.